The molecule has 4 bridgehead atoms. The summed E-state index contributed by atoms with van der Waals surface area (Å²) in [6, 6.07) is 71.3. The molecule has 0 atom stereocenters. The molecule has 310 valence electrons. The molecule has 0 amide bonds. The van der Waals surface area contributed by atoms with Gasteiger partial charge in [-0.1, -0.05) is 167 Å². The molecule has 0 aromatic heterocycles. The van der Waals surface area contributed by atoms with Crippen LogP contribution in [0.15, 0.2) is 188 Å². The average molecular weight is 817 g/mol. The van der Waals surface area contributed by atoms with Crippen molar-refractivity contribution >= 4 is 34.1 Å². The third-order valence-corrected chi connectivity index (χ3v) is 14.4. The summed E-state index contributed by atoms with van der Waals surface area (Å²) >= 11 is 0. The number of benzene rings is 8. The summed E-state index contributed by atoms with van der Waals surface area (Å²) in [5, 5.41) is 0. The van der Waals surface area contributed by atoms with Crippen LogP contribution < -0.4 is 9.80 Å². The molecular weight excluding hydrogens is 761 g/mol. The van der Waals surface area contributed by atoms with Crippen LogP contribution in [0.3, 0.4) is 0 Å². The molecular formula is C61H56N2. The summed E-state index contributed by atoms with van der Waals surface area (Å²) in [5.74, 6) is 0.688. The smallest absolute Gasteiger partial charge is 0.0540 e. The Kier molecular flexibility index (Phi) is 10.3. The first-order valence-corrected chi connectivity index (χ1v) is 23.4. The summed E-state index contributed by atoms with van der Waals surface area (Å²) in [4.78, 5) is 5.09. The minimum Gasteiger partial charge on any atom is -0.310 e. The molecule has 1 saturated carbocycles. The minimum atomic E-state index is -0.108. The van der Waals surface area contributed by atoms with E-state index in [0.29, 0.717) is 5.92 Å². The van der Waals surface area contributed by atoms with Crippen LogP contribution in [0.4, 0.5) is 34.1 Å². The Labute approximate surface area is 374 Å². The van der Waals surface area contributed by atoms with Crippen LogP contribution in [0.2, 0.25) is 0 Å². The van der Waals surface area contributed by atoms with Crippen molar-refractivity contribution < 1.29 is 0 Å². The zero-order valence-electron chi connectivity index (χ0n) is 36.7. The van der Waals surface area contributed by atoms with Crippen LogP contribution in [0.1, 0.15) is 90.8 Å². The van der Waals surface area contributed by atoms with Gasteiger partial charge in [0.05, 0.1) is 5.69 Å². The molecule has 1 fully saturated rings. The summed E-state index contributed by atoms with van der Waals surface area (Å²) in [6.07, 6.45) is 10.4. The molecule has 8 aromatic carbocycles. The number of hydrogen-bond donors (Lipinski definition) is 0. The Morgan fingerprint density at radius 2 is 0.952 bits per heavy atom. The lowest BCUT2D eigenvalue weighted by atomic mass is 9.82. The second kappa shape index (κ2) is 16.6. The van der Waals surface area contributed by atoms with Gasteiger partial charge in [0.2, 0.25) is 0 Å². The van der Waals surface area contributed by atoms with Gasteiger partial charge in [-0.05, 0) is 155 Å². The van der Waals surface area contributed by atoms with Gasteiger partial charge in [-0.25, -0.2) is 0 Å². The quantitative estimate of drug-likeness (QED) is 0.151. The van der Waals surface area contributed by atoms with Gasteiger partial charge in [0.1, 0.15) is 0 Å². The van der Waals surface area contributed by atoms with Crippen molar-refractivity contribution in [2.45, 2.75) is 83.0 Å². The van der Waals surface area contributed by atoms with Gasteiger partial charge in [0, 0.05) is 39.4 Å². The Morgan fingerprint density at radius 1 is 0.397 bits per heavy atom. The van der Waals surface area contributed by atoms with E-state index < -0.39 is 0 Å². The Balaban J connectivity index is 1.01. The highest BCUT2D eigenvalue weighted by Crippen LogP contribution is 2.52. The van der Waals surface area contributed by atoms with Gasteiger partial charge in [0.25, 0.3) is 0 Å². The maximum absolute atomic E-state index is 2.58. The van der Waals surface area contributed by atoms with Gasteiger partial charge in [-0.15, -0.1) is 0 Å². The number of nitrogens with zero attached hydrogens (tertiary/aromatic N) is 2. The second-order valence-electron chi connectivity index (χ2n) is 18.6. The van der Waals surface area contributed by atoms with Crippen LogP contribution in [-0.2, 0) is 31.1 Å². The number of para-hydroxylation sites is 2. The van der Waals surface area contributed by atoms with Crippen LogP contribution in [-0.4, -0.2) is 0 Å². The highest BCUT2D eigenvalue weighted by molar-refractivity contribution is 5.91. The first-order chi connectivity index (χ1) is 31.0. The van der Waals surface area contributed by atoms with E-state index in [1.807, 2.05) is 0 Å². The summed E-state index contributed by atoms with van der Waals surface area (Å²) in [5.41, 5.74) is 22.1. The van der Waals surface area contributed by atoms with E-state index >= 15 is 0 Å². The number of rotatable bonds is 8. The zero-order chi connectivity index (χ0) is 42.3. The molecule has 14 rings (SSSR count). The van der Waals surface area contributed by atoms with Crippen molar-refractivity contribution in [1.82, 2.24) is 0 Å². The van der Waals surface area contributed by atoms with Gasteiger partial charge >= 0.3 is 0 Å². The maximum atomic E-state index is 2.58. The predicted molar refractivity (Wildman–Crippen MR) is 266 cm³/mol. The predicted octanol–water partition coefficient (Wildman–Crippen LogP) is 16.5. The minimum absolute atomic E-state index is 0.108. The SMILES string of the molecule is CC1(C)c2ccccc2-c2ccc(N(c3cc4ccc3CCc3ccc(c(N(c5ccccc5)c5ccc(C6CCCCC6)cc5)c3)CC4)c3ccccc3-c3ccccc3)cc21. The normalized spacial score (nSPS) is 15.3. The fourth-order valence-corrected chi connectivity index (χ4v) is 11.0. The second-order valence-corrected chi connectivity index (χ2v) is 18.6. The summed E-state index contributed by atoms with van der Waals surface area (Å²) in [7, 11) is 0. The van der Waals surface area contributed by atoms with Gasteiger partial charge in [0.15, 0.2) is 0 Å². The first-order valence-electron chi connectivity index (χ1n) is 23.4. The molecule has 63 heavy (non-hydrogen) atoms. The maximum Gasteiger partial charge on any atom is 0.0540 e. The third kappa shape index (κ3) is 7.36. The van der Waals surface area contributed by atoms with E-state index in [4.69, 9.17) is 0 Å². The molecule has 6 aliphatic rings. The molecule has 6 aliphatic carbocycles. The zero-order valence-corrected chi connectivity index (χ0v) is 36.7. The third-order valence-electron chi connectivity index (χ3n) is 14.4. The lowest BCUT2D eigenvalue weighted by Crippen LogP contribution is -2.18. The number of fused-ring (bicyclic) bond motifs is 3. The van der Waals surface area contributed by atoms with E-state index in [2.05, 4.69) is 212 Å². The van der Waals surface area contributed by atoms with Gasteiger partial charge < -0.3 is 9.80 Å². The van der Waals surface area contributed by atoms with E-state index in [9.17, 15) is 0 Å². The van der Waals surface area contributed by atoms with E-state index in [-0.39, 0.29) is 5.41 Å². The van der Waals surface area contributed by atoms with Crippen molar-refractivity contribution in [1.29, 1.82) is 0 Å². The lowest BCUT2D eigenvalue weighted by molar-refractivity contribution is 0.443. The summed E-state index contributed by atoms with van der Waals surface area (Å²) in [6.45, 7) is 4.78. The lowest BCUT2D eigenvalue weighted by Gasteiger charge is -2.32. The van der Waals surface area contributed by atoms with E-state index in [1.165, 1.54) is 127 Å². The van der Waals surface area contributed by atoms with E-state index in [1.54, 1.807) is 0 Å². The molecule has 8 aromatic rings. The largest absolute Gasteiger partial charge is 0.310 e. The molecule has 0 heterocycles. The van der Waals surface area contributed by atoms with Crippen LogP contribution >= 0.6 is 0 Å². The van der Waals surface area contributed by atoms with Crippen molar-refractivity contribution in [3.8, 4) is 22.3 Å². The molecule has 2 nitrogen and oxygen atoms in total. The number of hydrogen-bond acceptors (Lipinski definition) is 2. The Morgan fingerprint density at radius 3 is 1.65 bits per heavy atom. The van der Waals surface area contributed by atoms with Gasteiger partial charge in [-0.2, -0.15) is 0 Å². The molecule has 0 unspecified atom stereocenters. The fourth-order valence-electron chi connectivity index (χ4n) is 11.0. The fraction of sp³-hybridized carbons (Fsp3) is 0.213. The topological polar surface area (TPSA) is 6.48 Å². The van der Waals surface area contributed by atoms with E-state index in [0.717, 1.165) is 25.7 Å². The first kappa shape index (κ1) is 39.2. The number of anilines is 6. The Hall–Kier alpha value is -6.64. The number of aryl methyl sites for hydroxylation is 4. The highest BCUT2D eigenvalue weighted by Gasteiger charge is 2.36. The molecule has 0 radical (unpaired) electrons. The standard InChI is InChI=1S/C61H56N2/c1-61(2)56-24-14-12-23-54(56)55-39-38-52(42-57(55)61)63(58-25-15-13-22-53(58)47-18-8-4-9-19-47)60-41-44-27-31-48-30-26-43(28-32-49(60)33-29-44)40-59(48)62(50-20-10-5-11-21-50)51-36-34-46(35-37-51)45-16-6-3-7-17-45/h4-5,8-15,18-26,29-30,33-42,45H,3,6-7,16-17,27-28,31-32H2,1-2H3. The molecule has 0 spiro atoms. The van der Waals surface area contributed by atoms with Crippen LogP contribution in [0.5, 0.6) is 0 Å². The van der Waals surface area contributed by atoms with Crippen molar-refractivity contribution in [3.63, 3.8) is 0 Å². The molecule has 0 aliphatic heterocycles. The van der Waals surface area contributed by atoms with Crippen molar-refractivity contribution in [3.05, 3.63) is 227 Å². The summed E-state index contributed by atoms with van der Waals surface area (Å²) < 4.78 is 0. The van der Waals surface area contributed by atoms with Gasteiger partial charge in [-0.3, -0.25) is 0 Å². The molecule has 0 saturated heterocycles. The molecule has 2 heteroatoms. The molecule has 0 N–H and O–H groups in total. The van der Waals surface area contributed by atoms with Crippen molar-refractivity contribution in [2.24, 2.45) is 0 Å². The van der Waals surface area contributed by atoms with Crippen molar-refractivity contribution in [2.75, 3.05) is 9.80 Å². The Bertz CT molecular complexity index is 2900. The highest BCUT2D eigenvalue weighted by atomic mass is 15.2. The van der Waals surface area contributed by atoms with Crippen LogP contribution in [0.25, 0.3) is 22.3 Å². The average Bonchev–Trinajstić information content (AvgIpc) is 3.56. The monoisotopic (exact) mass is 816 g/mol. The van der Waals surface area contributed by atoms with Crippen LogP contribution in [0, 0.1) is 0 Å².